The van der Waals surface area contributed by atoms with Gasteiger partial charge in [-0.25, -0.2) is 0 Å². The summed E-state index contributed by atoms with van der Waals surface area (Å²) in [6.07, 6.45) is 1.91. The molecular weight excluding hydrogens is 508 g/mol. The molecule has 7 nitrogen and oxygen atoms in total. The van der Waals surface area contributed by atoms with E-state index in [1.165, 1.54) is 0 Å². The van der Waals surface area contributed by atoms with Crippen molar-refractivity contribution in [3.63, 3.8) is 0 Å². The van der Waals surface area contributed by atoms with E-state index in [4.69, 9.17) is 4.74 Å². The molecule has 0 aliphatic carbocycles. The molecule has 33 heavy (non-hydrogen) atoms. The first-order chi connectivity index (χ1) is 15.2. The van der Waals surface area contributed by atoms with Gasteiger partial charge in [0.25, 0.3) is 0 Å². The highest BCUT2D eigenvalue weighted by molar-refractivity contribution is 9.09. The molecule has 3 aliphatic heterocycles. The lowest BCUT2D eigenvalue weighted by Gasteiger charge is -2.40. The van der Waals surface area contributed by atoms with E-state index in [1.54, 1.807) is 23.6 Å². The van der Waals surface area contributed by atoms with Gasteiger partial charge in [-0.2, -0.15) is 0 Å². The van der Waals surface area contributed by atoms with Crippen LogP contribution in [0, 0.1) is 17.3 Å². The minimum Gasteiger partial charge on any atom is -0.466 e. The third kappa shape index (κ3) is 4.70. The number of ether oxygens (including phenoxy) is 1. The number of thioether (sulfide) groups is 1. The summed E-state index contributed by atoms with van der Waals surface area (Å²) >= 11 is 5.32. The topological polar surface area (TPSA) is 95.9 Å². The molecule has 9 heteroatoms. The van der Waals surface area contributed by atoms with E-state index in [9.17, 15) is 19.5 Å². The second-order valence-corrected chi connectivity index (χ2v) is 14.2. The van der Waals surface area contributed by atoms with Crippen molar-refractivity contribution < 1.29 is 24.2 Å². The Balaban J connectivity index is 2.04. The van der Waals surface area contributed by atoms with Crippen molar-refractivity contribution in [3.05, 3.63) is 0 Å². The third-order valence-corrected chi connectivity index (χ3v) is 10.3. The number of aliphatic hydroxyl groups excluding tert-OH is 1. The molecule has 0 aromatic heterocycles. The van der Waals surface area contributed by atoms with Crippen LogP contribution in [0.2, 0.25) is 0 Å². The van der Waals surface area contributed by atoms with Crippen LogP contribution in [0.5, 0.6) is 0 Å². The molecular formula is C24H39BrN2O5S. The summed E-state index contributed by atoms with van der Waals surface area (Å²) < 4.78 is 4.64. The maximum absolute atomic E-state index is 13.9. The van der Waals surface area contributed by atoms with Gasteiger partial charge >= 0.3 is 5.97 Å². The van der Waals surface area contributed by atoms with Crippen LogP contribution >= 0.6 is 27.7 Å². The number of amides is 2. The summed E-state index contributed by atoms with van der Waals surface area (Å²) in [4.78, 5) is 42.4. The summed E-state index contributed by atoms with van der Waals surface area (Å²) in [5.41, 5.74) is -0.467. The van der Waals surface area contributed by atoms with Gasteiger partial charge in [0.2, 0.25) is 11.8 Å². The van der Waals surface area contributed by atoms with Gasteiger partial charge in [-0.1, -0.05) is 43.6 Å². The SMILES string of the molecule is CCOC(=O)[C@H]1[C@@H]2SC3(CC2Br)C(C(=O)NC(C)(C)CC(C)(C)C)N([C@@H](CC)CO)C(=O)[C@H]13. The Morgan fingerprint density at radius 2 is 1.94 bits per heavy atom. The molecule has 0 radical (unpaired) electrons. The monoisotopic (exact) mass is 546 g/mol. The number of halogens is 1. The molecule has 188 valence electrons. The molecule has 3 fully saturated rings. The molecule has 2 bridgehead atoms. The van der Waals surface area contributed by atoms with Crippen LogP contribution in [0.3, 0.4) is 0 Å². The van der Waals surface area contributed by atoms with Crippen molar-refractivity contribution in [2.75, 3.05) is 13.2 Å². The summed E-state index contributed by atoms with van der Waals surface area (Å²) in [5, 5.41) is 13.2. The van der Waals surface area contributed by atoms with Crippen molar-refractivity contribution in [2.45, 2.75) is 100 Å². The third-order valence-electron chi connectivity index (χ3n) is 7.04. The lowest BCUT2D eigenvalue weighted by atomic mass is 9.71. The Bertz CT molecular complexity index is 796. The number of nitrogens with zero attached hydrogens (tertiary/aromatic N) is 1. The fourth-order valence-electron chi connectivity index (χ4n) is 6.45. The number of aliphatic hydroxyl groups is 1. The zero-order chi connectivity index (χ0) is 24.9. The number of rotatable bonds is 8. The first-order valence-electron chi connectivity index (χ1n) is 12.0. The lowest BCUT2D eigenvalue weighted by molar-refractivity contribution is -0.154. The Kier molecular flexibility index (Phi) is 7.58. The zero-order valence-corrected chi connectivity index (χ0v) is 23.2. The molecule has 1 spiro atoms. The van der Waals surface area contributed by atoms with Crippen molar-refractivity contribution in [3.8, 4) is 0 Å². The number of esters is 1. The average molecular weight is 548 g/mol. The summed E-state index contributed by atoms with van der Waals surface area (Å²) in [6.45, 7) is 14.1. The van der Waals surface area contributed by atoms with Crippen LogP contribution in [-0.4, -0.2) is 73.5 Å². The number of nitrogens with one attached hydrogen (secondary N) is 1. The fourth-order valence-corrected chi connectivity index (χ4v) is 10.0. The van der Waals surface area contributed by atoms with E-state index < -0.39 is 34.2 Å². The molecule has 3 aliphatic rings. The zero-order valence-electron chi connectivity index (χ0n) is 20.8. The highest BCUT2D eigenvalue weighted by Crippen LogP contribution is 2.68. The Hall–Kier alpha value is -0.800. The van der Waals surface area contributed by atoms with Gasteiger partial charge in [0, 0.05) is 15.6 Å². The largest absolute Gasteiger partial charge is 0.466 e. The minimum absolute atomic E-state index is 0.00740. The molecule has 2 N–H and O–H groups in total. The van der Waals surface area contributed by atoms with E-state index in [-0.39, 0.29) is 46.5 Å². The van der Waals surface area contributed by atoms with Crippen LogP contribution in [0.4, 0.5) is 0 Å². The van der Waals surface area contributed by atoms with Crippen LogP contribution in [0.15, 0.2) is 0 Å². The molecule has 0 aromatic rings. The standard InChI is InChI=1S/C24H39BrN2O5S/c1-8-13(11-28)27-18(19(29)26-23(6,7)12-22(3,4)5)24-10-14(25)17(33-24)15(16(24)20(27)30)21(31)32-9-2/h13-18,28H,8-12H2,1-7H3,(H,26,29)/t13-,14?,15+,16-,17+,18?,24?/m0/s1. The molecule has 3 saturated heterocycles. The van der Waals surface area contributed by atoms with E-state index >= 15 is 0 Å². The molecule has 3 rings (SSSR count). The van der Waals surface area contributed by atoms with Gasteiger partial charge in [-0.05, 0) is 45.4 Å². The number of likely N-dealkylation sites (tertiary alicyclic amines) is 1. The van der Waals surface area contributed by atoms with Crippen molar-refractivity contribution in [1.29, 1.82) is 0 Å². The van der Waals surface area contributed by atoms with Gasteiger partial charge in [0.05, 0.1) is 35.8 Å². The van der Waals surface area contributed by atoms with Crippen LogP contribution in [-0.2, 0) is 19.1 Å². The highest BCUT2D eigenvalue weighted by Gasteiger charge is 2.76. The van der Waals surface area contributed by atoms with Crippen LogP contribution < -0.4 is 5.32 Å². The van der Waals surface area contributed by atoms with Gasteiger partial charge < -0.3 is 20.1 Å². The predicted molar refractivity (Wildman–Crippen MR) is 133 cm³/mol. The van der Waals surface area contributed by atoms with E-state index in [0.29, 0.717) is 12.8 Å². The Morgan fingerprint density at radius 3 is 2.45 bits per heavy atom. The molecule has 3 unspecified atom stereocenters. The molecule has 0 aromatic carbocycles. The number of fused-ring (bicyclic) bond motifs is 1. The van der Waals surface area contributed by atoms with E-state index in [0.717, 1.165) is 6.42 Å². The van der Waals surface area contributed by atoms with E-state index in [2.05, 4.69) is 42.0 Å². The number of hydrogen-bond donors (Lipinski definition) is 2. The quantitative estimate of drug-likeness (QED) is 0.358. The van der Waals surface area contributed by atoms with Crippen molar-refractivity contribution >= 4 is 45.5 Å². The van der Waals surface area contributed by atoms with E-state index in [1.807, 2.05) is 20.8 Å². The first-order valence-corrected chi connectivity index (χ1v) is 13.8. The van der Waals surface area contributed by atoms with Gasteiger partial charge in [-0.15, -0.1) is 11.8 Å². The molecule has 0 saturated carbocycles. The Labute approximate surface area is 210 Å². The lowest BCUT2D eigenvalue weighted by Crippen LogP contribution is -2.60. The number of carbonyl (C=O) groups is 3. The molecule has 2 amide bonds. The Morgan fingerprint density at radius 1 is 1.30 bits per heavy atom. The van der Waals surface area contributed by atoms with Gasteiger partial charge in [-0.3, -0.25) is 14.4 Å². The average Bonchev–Trinajstić information content (AvgIpc) is 3.24. The summed E-state index contributed by atoms with van der Waals surface area (Å²) in [7, 11) is 0. The number of carbonyl (C=O) groups excluding carboxylic acids is 3. The summed E-state index contributed by atoms with van der Waals surface area (Å²) in [6, 6.07) is -1.23. The minimum atomic E-state index is -0.749. The number of hydrogen-bond acceptors (Lipinski definition) is 6. The fraction of sp³-hybridized carbons (Fsp3) is 0.875. The maximum Gasteiger partial charge on any atom is 0.310 e. The van der Waals surface area contributed by atoms with Crippen molar-refractivity contribution in [2.24, 2.45) is 17.3 Å². The van der Waals surface area contributed by atoms with Gasteiger partial charge in [0.15, 0.2) is 0 Å². The molecule has 3 heterocycles. The summed E-state index contributed by atoms with van der Waals surface area (Å²) in [5.74, 6) is -2.01. The highest BCUT2D eigenvalue weighted by atomic mass is 79.9. The second kappa shape index (κ2) is 9.34. The number of alkyl halides is 1. The normalized spacial score (nSPS) is 34.4. The molecule has 7 atom stereocenters. The predicted octanol–water partition coefficient (Wildman–Crippen LogP) is 3.12. The van der Waals surface area contributed by atoms with Gasteiger partial charge in [0.1, 0.15) is 6.04 Å². The van der Waals surface area contributed by atoms with Crippen LogP contribution in [0.25, 0.3) is 0 Å². The van der Waals surface area contributed by atoms with Crippen molar-refractivity contribution in [1.82, 2.24) is 10.2 Å². The smallest absolute Gasteiger partial charge is 0.310 e. The maximum atomic E-state index is 13.9. The second-order valence-electron chi connectivity index (χ2n) is 11.5. The van der Waals surface area contributed by atoms with Crippen LogP contribution in [0.1, 0.15) is 67.7 Å². The first kappa shape index (κ1) is 26.8.